The second kappa shape index (κ2) is 7.34. The summed E-state index contributed by atoms with van der Waals surface area (Å²) in [4.78, 5) is 25.4. The number of amides is 1. The highest BCUT2D eigenvalue weighted by Gasteiger charge is 2.03. The van der Waals surface area contributed by atoms with E-state index in [2.05, 4.69) is 15.0 Å². The van der Waals surface area contributed by atoms with Crippen molar-refractivity contribution in [1.29, 1.82) is 0 Å². The molecule has 1 heterocycles. The van der Waals surface area contributed by atoms with Crippen molar-refractivity contribution in [2.45, 2.75) is 6.42 Å². The van der Waals surface area contributed by atoms with Crippen LogP contribution in [0.3, 0.4) is 0 Å². The van der Waals surface area contributed by atoms with E-state index >= 15 is 0 Å². The van der Waals surface area contributed by atoms with Crippen LogP contribution in [0, 0.1) is 0 Å². The summed E-state index contributed by atoms with van der Waals surface area (Å²) in [5.74, 6) is -1.42. The topological polar surface area (TPSA) is 88.5 Å². The lowest BCUT2D eigenvalue weighted by atomic mass is 10.3. The first-order valence-electron chi connectivity index (χ1n) is 5.14. The van der Waals surface area contributed by atoms with Gasteiger partial charge in [-0.25, -0.2) is 4.79 Å². The zero-order valence-electron chi connectivity index (χ0n) is 9.26. The Morgan fingerprint density at radius 3 is 2.82 bits per heavy atom. The predicted molar refractivity (Wildman–Crippen MR) is 59.4 cm³/mol. The summed E-state index contributed by atoms with van der Waals surface area (Å²) in [6, 6.07) is 5.56. The van der Waals surface area contributed by atoms with Crippen LogP contribution in [-0.2, 0) is 20.7 Å². The van der Waals surface area contributed by atoms with E-state index in [-0.39, 0.29) is 12.5 Å². The van der Waals surface area contributed by atoms with Gasteiger partial charge in [-0.3, -0.25) is 9.78 Å². The van der Waals surface area contributed by atoms with Gasteiger partial charge >= 0.3 is 5.97 Å². The summed E-state index contributed by atoms with van der Waals surface area (Å²) in [6.07, 6.45) is 2.32. The zero-order chi connectivity index (χ0) is 12.5. The second-order valence-corrected chi connectivity index (χ2v) is 3.31. The van der Waals surface area contributed by atoms with Gasteiger partial charge in [0, 0.05) is 24.9 Å². The van der Waals surface area contributed by atoms with E-state index in [9.17, 15) is 9.59 Å². The highest BCUT2D eigenvalue weighted by molar-refractivity contribution is 5.77. The number of hydrogen-bond donors (Lipinski definition) is 2. The fraction of sp³-hybridized carbons (Fsp3) is 0.364. The van der Waals surface area contributed by atoms with Gasteiger partial charge in [0.25, 0.3) is 0 Å². The molecule has 0 aliphatic rings. The Morgan fingerprint density at radius 1 is 1.35 bits per heavy atom. The molecule has 1 rings (SSSR count). The van der Waals surface area contributed by atoms with Crippen LogP contribution < -0.4 is 5.32 Å². The van der Waals surface area contributed by atoms with Gasteiger partial charge in [-0.05, 0) is 12.1 Å². The number of aliphatic carboxylic acids is 1. The third-order valence-corrected chi connectivity index (χ3v) is 1.89. The molecule has 0 atom stereocenters. The molecule has 1 aromatic heterocycles. The van der Waals surface area contributed by atoms with Gasteiger partial charge in [-0.2, -0.15) is 0 Å². The number of pyridine rings is 1. The molecule has 0 aromatic carbocycles. The summed E-state index contributed by atoms with van der Waals surface area (Å²) in [5.41, 5.74) is 0.888. The number of rotatable bonds is 7. The van der Waals surface area contributed by atoms with E-state index < -0.39 is 12.6 Å². The fourth-order valence-electron chi connectivity index (χ4n) is 1.16. The van der Waals surface area contributed by atoms with Crippen molar-refractivity contribution in [2.75, 3.05) is 19.8 Å². The summed E-state index contributed by atoms with van der Waals surface area (Å²) in [6.45, 7) is -0.255. The summed E-state index contributed by atoms with van der Waals surface area (Å²) in [5, 5.41) is 10.9. The van der Waals surface area contributed by atoms with E-state index in [0.717, 1.165) is 5.69 Å². The summed E-state index contributed by atoms with van der Waals surface area (Å²) in [7, 11) is 0. The Hall–Kier alpha value is -1.95. The number of carbonyl (C=O) groups excluding carboxylic acids is 1. The molecule has 0 spiro atoms. The van der Waals surface area contributed by atoms with E-state index in [0.29, 0.717) is 13.0 Å². The van der Waals surface area contributed by atoms with Gasteiger partial charge in [0.2, 0.25) is 5.91 Å². The van der Waals surface area contributed by atoms with Gasteiger partial charge in [0.1, 0.15) is 13.2 Å². The van der Waals surface area contributed by atoms with Crippen molar-refractivity contribution >= 4 is 11.9 Å². The van der Waals surface area contributed by atoms with Gasteiger partial charge in [0.15, 0.2) is 0 Å². The maximum atomic E-state index is 11.2. The molecule has 1 amide bonds. The molecule has 6 heteroatoms. The lowest BCUT2D eigenvalue weighted by Gasteiger charge is -2.04. The number of ether oxygens (including phenoxy) is 1. The first-order valence-corrected chi connectivity index (χ1v) is 5.14. The minimum atomic E-state index is -1.09. The molecule has 0 aliphatic carbocycles. The van der Waals surface area contributed by atoms with Crippen LogP contribution in [0.1, 0.15) is 5.69 Å². The SMILES string of the molecule is O=C(O)COCC(=O)NCCc1ccccn1. The fourth-order valence-corrected chi connectivity index (χ4v) is 1.16. The lowest BCUT2D eigenvalue weighted by Crippen LogP contribution is -2.30. The number of nitrogens with zero attached hydrogens (tertiary/aromatic N) is 1. The molecular weight excluding hydrogens is 224 g/mol. The predicted octanol–water partition coefficient (Wildman–Crippen LogP) is -0.159. The number of carboxylic acid groups (broad SMARTS) is 1. The Bertz CT molecular complexity index is 367. The van der Waals surface area contributed by atoms with Gasteiger partial charge < -0.3 is 15.2 Å². The van der Waals surface area contributed by atoms with Gasteiger partial charge in [-0.15, -0.1) is 0 Å². The minimum Gasteiger partial charge on any atom is -0.480 e. The Labute approximate surface area is 98.6 Å². The smallest absolute Gasteiger partial charge is 0.329 e. The molecule has 0 radical (unpaired) electrons. The molecule has 92 valence electrons. The van der Waals surface area contributed by atoms with Crippen LogP contribution >= 0.6 is 0 Å². The molecule has 0 saturated heterocycles. The van der Waals surface area contributed by atoms with E-state index in [1.54, 1.807) is 6.20 Å². The molecule has 0 saturated carbocycles. The van der Waals surface area contributed by atoms with E-state index in [1.807, 2.05) is 18.2 Å². The van der Waals surface area contributed by atoms with Gasteiger partial charge in [-0.1, -0.05) is 6.07 Å². The van der Waals surface area contributed by atoms with Crippen molar-refractivity contribution in [1.82, 2.24) is 10.3 Å². The van der Waals surface area contributed by atoms with E-state index in [1.165, 1.54) is 0 Å². The average Bonchev–Trinajstić information content (AvgIpc) is 2.30. The molecular formula is C11H14N2O4. The van der Waals surface area contributed by atoms with Crippen LogP contribution in [0.15, 0.2) is 24.4 Å². The van der Waals surface area contributed by atoms with Crippen molar-refractivity contribution in [3.05, 3.63) is 30.1 Å². The quantitative estimate of drug-likeness (QED) is 0.689. The average molecular weight is 238 g/mol. The normalized spacial score (nSPS) is 9.88. The van der Waals surface area contributed by atoms with Crippen molar-refractivity contribution in [3.8, 4) is 0 Å². The third kappa shape index (κ3) is 6.26. The van der Waals surface area contributed by atoms with Crippen LogP contribution in [0.4, 0.5) is 0 Å². The largest absolute Gasteiger partial charge is 0.480 e. The Balaban J connectivity index is 2.10. The summed E-state index contributed by atoms with van der Waals surface area (Å²) < 4.78 is 4.63. The molecule has 0 aliphatic heterocycles. The maximum absolute atomic E-state index is 11.2. The van der Waals surface area contributed by atoms with E-state index in [4.69, 9.17) is 5.11 Å². The molecule has 0 fully saturated rings. The number of nitrogens with one attached hydrogen (secondary N) is 1. The van der Waals surface area contributed by atoms with Crippen molar-refractivity contribution in [2.24, 2.45) is 0 Å². The molecule has 6 nitrogen and oxygen atoms in total. The molecule has 0 unspecified atom stereocenters. The number of hydrogen-bond acceptors (Lipinski definition) is 4. The minimum absolute atomic E-state index is 0.242. The monoisotopic (exact) mass is 238 g/mol. The Morgan fingerprint density at radius 2 is 2.18 bits per heavy atom. The molecule has 2 N–H and O–H groups in total. The van der Waals surface area contributed by atoms with Crippen molar-refractivity contribution in [3.63, 3.8) is 0 Å². The molecule has 0 bridgehead atoms. The Kier molecular flexibility index (Phi) is 5.67. The number of carbonyl (C=O) groups is 2. The second-order valence-electron chi connectivity index (χ2n) is 3.31. The number of aromatic nitrogens is 1. The van der Waals surface area contributed by atoms with Crippen LogP contribution in [0.25, 0.3) is 0 Å². The standard InChI is InChI=1S/C11H14N2O4/c14-10(7-17-8-11(15)16)13-6-4-9-3-1-2-5-12-9/h1-3,5H,4,6-8H2,(H,13,14)(H,15,16). The van der Waals surface area contributed by atoms with Crippen LogP contribution in [-0.4, -0.2) is 41.7 Å². The van der Waals surface area contributed by atoms with Crippen LogP contribution in [0.5, 0.6) is 0 Å². The zero-order valence-corrected chi connectivity index (χ0v) is 9.26. The first kappa shape index (κ1) is 13.1. The number of carboxylic acids is 1. The highest BCUT2D eigenvalue weighted by atomic mass is 16.5. The third-order valence-electron chi connectivity index (χ3n) is 1.89. The molecule has 17 heavy (non-hydrogen) atoms. The van der Waals surface area contributed by atoms with Crippen molar-refractivity contribution < 1.29 is 19.4 Å². The maximum Gasteiger partial charge on any atom is 0.329 e. The lowest BCUT2D eigenvalue weighted by molar-refractivity contribution is -0.143. The highest BCUT2D eigenvalue weighted by Crippen LogP contribution is 1.92. The first-order chi connectivity index (χ1) is 8.18. The molecule has 1 aromatic rings. The van der Waals surface area contributed by atoms with Gasteiger partial charge in [0.05, 0.1) is 0 Å². The van der Waals surface area contributed by atoms with Crippen LogP contribution in [0.2, 0.25) is 0 Å². The summed E-state index contributed by atoms with van der Waals surface area (Å²) >= 11 is 0.